The predicted octanol–water partition coefficient (Wildman–Crippen LogP) is 2.18. The van der Waals surface area contributed by atoms with Crippen molar-refractivity contribution in [2.45, 2.75) is 39.5 Å². The standard InChI is InChI=1S/C23H26N4O3/c1-14-10-18(13-28)19-4-3-5-20(22(19)25-14)27-23(30)21(26-15(2)29)11-16-6-8-17(12-24)9-7-16/h3-10,21,28H,11-13,24H2,1-2H3,(H,26,29)(H,27,30)/t21-/m0/s1. The molecule has 0 aliphatic carbocycles. The number of amides is 2. The highest BCUT2D eigenvalue weighted by Crippen LogP contribution is 2.25. The Morgan fingerprint density at radius 2 is 1.83 bits per heavy atom. The third-order valence-electron chi connectivity index (χ3n) is 4.87. The summed E-state index contributed by atoms with van der Waals surface area (Å²) in [4.78, 5) is 29.3. The summed E-state index contributed by atoms with van der Waals surface area (Å²) in [5.41, 5.74) is 10.2. The highest BCUT2D eigenvalue weighted by molar-refractivity contribution is 6.04. The van der Waals surface area contributed by atoms with E-state index in [2.05, 4.69) is 15.6 Å². The SMILES string of the molecule is CC(=O)N[C@@H](Cc1ccc(CN)cc1)C(=O)Nc1cccc2c(CO)cc(C)nc12. The number of aryl methyl sites for hydroxylation is 1. The molecule has 0 radical (unpaired) electrons. The number of pyridine rings is 1. The molecule has 0 saturated carbocycles. The fraction of sp³-hybridized carbons (Fsp3) is 0.261. The number of nitrogens with zero attached hydrogens (tertiary/aromatic N) is 1. The number of anilines is 1. The van der Waals surface area contributed by atoms with Crippen molar-refractivity contribution in [3.63, 3.8) is 0 Å². The van der Waals surface area contributed by atoms with Gasteiger partial charge >= 0.3 is 0 Å². The number of carbonyl (C=O) groups excluding carboxylic acids is 2. The summed E-state index contributed by atoms with van der Waals surface area (Å²) in [6.07, 6.45) is 0.343. The van der Waals surface area contributed by atoms with Gasteiger partial charge in [-0.1, -0.05) is 36.4 Å². The number of nitrogens with two attached hydrogens (primary N) is 1. The van der Waals surface area contributed by atoms with Crippen molar-refractivity contribution < 1.29 is 14.7 Å². The van der Waals surface area contributed by atoms with Crippen LogP contribution >= 0.6 is 0 Å². The zero-order chi connectivity index (χ0) is 21.7. The summed E-state index contributed by atoms with van der Waals surface area (Å²) in [7, 11) is 0. The van der Waals surface area contributed by atoms with Crippen LogP contribution in [0.1, 0.15) is 29.3 Å². The van der Waals surface area contributed by atoms with Gasteiger partial charge in [-0.15, -0.1) is 0 Å². The van der Waals surface area contributed by atoms with Gasteiger partial charge in [-0.2, -0.15) is 0 Å². The molecule has 0 saturated heterocycles. The minimum absolute atomic E-state index is 0.120. The maximum absolute atomic E-state index is 13.0. The normalized spacial score (nSPS) is 11.9. The van der Waals surface area contributed by atoms with Gasteiger partial charge in [0.1, 0.15) is 6.04 Å². The van der Waals surface area contributed by atoms with Crippen molar-refractivity contribution in [1.29, 1.82) is 0 Å². The Morgan fingerprint density at radius 3 is 2.47 bits per heavy atom. The Morgan fingerprint density at radius 1 is 1.13 bits per heavy atom. The van der Waals surface area contributed by atoms with E-state index in [9.17, 15) is 14.7 Å². The first-order valence-corrected chi connectivity index (χ1v) is 9.77. The molecule has 0 unspecified atom stereocenters. The van der Waals surface area contributed by atoms with Gasteiger partial charge in [-0.3, -0.25) is 14.6 Å². The van der Waals surface area contributed by atoms with Crippen molar-refractivity contribution in [2.75, 3.05) is 5.32 Å². The lowest BCUT2D eigenvalue weighted by atomic mass is 10.0. The smallest absolute Gasteiger partial charge is 0.247 e. The van der Waals surface area contributed by atoms with E-state index in [-0.39, 0.29) is 18.4 Å². The van der Waals surface area contributed by atoms with Crippen molar-refractivity contribution in [3.8, 4) is 0 Å². The molecule has 0 bridgehead atoms. The number of hydrogen-bond donors (Lipinski definition) is 4. The van der Waals surface area contributed by atoms with E-state index in [4.69, 9.17) is 5.73 Å². The first-order valence-electron chi connectivity index (χ1n) is 9.77. The number of rotatable bonds is 7. The highest BCUT2D eigenvalue weighted by Gasteiger charge is 2.21. The van der Waals surface area contributed by atoms with Crippen LogP contribution in [0.25, 0.3) is 10.9 Å². The van der Waals surface area contributed by atoms with Gasteiger partial charge in [0.25, 0.3) is 0 Å². The molecule has 0 spiro atoms. The summed E-state index contributed by atoms with van der Waals surface area (Å²) < 4.78 is 0. The zero-order valence-corrected chi connectivity index (χ0v) is 17.1. The second-order valence-electron chi connectivity index (χ2n) is 7.25. The molecular formula is C23H26N4O3. The number of para-hydroxylation sites is 1. The Bertz CT molecular complexity index is 1060. The fourth-order valence-corrected chi connectivity index (χ4v) is 3.41. The predicted molar refractivity (Wildman–Crippen MR) is 117 cm³/mol. The van der Waals surface area contributed by atoms with E-state index in [1.165, 1.54) is 6.92 Å². The molecule has 7 heteroatoms. The molecule has 0 fully saturated rings. The number of carbonyl (C=O) groups is 2. The molecule has 1 heterocycles. The van der Waals surface area contributed by atoms with E-state index in [1.807, 2.05) is 43.3 Å². The monoisotopic (exact) mass is 406 g/mol. The molecule has 2 amide bonds. The minimum atomic E-state index is -0.747. The molecule has 0 aliphatic rings. The summed E-state index contributed by atoms with van der Waals surface area (Å²) >= 11 is 0. The summed E-state index contributed by atoms with van der Waals surface area (Å²) in [5, 5.41) is 16.0. The van der Waals surface area contributed by atoms with Gasteiger partial charge in [0.2, 0.25) is 11.8 Å². The Kier molecular flexibility index (Phi) is 6.76. The average Bonchev–Trinajstić information content (AvgIpc) is 2.73. The quantitative estimate of drug-likeness (QED) is 0.480. The van der Waals surface area contributed by atoms with Crippen molar-refractivity contribution in [2.24, 2.45) is 5.73 Å². The van der Waals surface area contributed by atoms with Crippen molar-refractivity contribution >= 4 is 28.4 Å². The summed E-state index contributed by atoms with van der Waals surface area (Å²) in [6, 6.07) is 14.1. The Balaban J connectivity index is 1.88. The van der Waals surface area contributed by atoms with Gasteiger partial charge in [0, 0.05) is 31.0 Å². The second-order valence-corrected chi connectivity index (χ2v) is 7.25. The molecule has 30 heavy (non-hydrogen) atoms. The number of benzene rings is 2. The van der Waals surface area contributed by atoms with E-state index < -0.39 is 6.04 Å². The van der Waals surface area contributed by atoms with Crippen molar-refractivity contribution in [3.05, 3.63) is 70.9 Å². The number of hydrogen-bond acceptors (Lipinski definition) is 5. The number of aromatic nitrogens is 1. The maximum Gasteiger partial charge on any atom is 0.247 e. The van der Waals surface area contributed by atoms with E-state index >= 15 is 0 Å². The molecule has 3 aromatic rings. The average molecular weight is 406 g/mol. The lowest BCUT2D eigenvalue weighted by molar-refractivity contribution is -0.125. The molecule has 1 aromatic heterocycles. The van der Waals surface area contributed by atoms with Gasteiger partial charge in [0.15, 0.2) is 0 Å². The minimum Gasteiger partial charge on any atom is -0.392 e. The molecular weight excluding hydrogens is 380 g/mol. The maximum atomic E-state index is 13.0. The van der Waals surface area contributed by atoms with Crippen LogP contribution in [0.4, 0.5) is 5.69 Å². The second kappa shape index (κ2) is 9.47. The van der Waals surface area contributed by atoms with E-state index in [0.717, 1.165) is 27.8 Å². The molecule has 1 atom stereocenters. The molecule has 7 nitrogen and oxygen atoms in total. The molecule has 2 aromatic carbocycles. The van der Waals surface area contributed by atoms with Crippen LogP contribution in [-0.2, 0) is 29.2 Å². The molecule has 0 aliphatic heterocycles. The zero-order valence-electron chi connectivity index (χ0n) is 17.1. The van der Waals surface area contributed by atoms with Crippen LogP contribution < -0.4 is 16.4 Å². The Labute approximate surface area is 175 Å². The van der Waals surface area contributed by atoms with Crippen LogP contribution in [0.15, 0.2) is 48.5 Å². The van der Waals surface area contributed by atoms with Crippen LogP contribution in [0.5, 0.6) is 0 Å². The molecule has 156 valence electrons. The van der Waals surface area contributed by atoms with Gasteiger partial charge < -0.3 is 21.5 Å². The first-order chi connectivity index (χ1) is 14.4. The number of fused-ring (bicyclic) bond motifs is 1. The van der Waals surface area contributed by atoms with Crippen molar-refractivity contribution in [1.82, 2.24) is 10.3 Å². The Hall–Kier alpha value is -3.29. The summed E-state index contributed by atoms with van der Waals surface area (Å²) in [6.45, 7) is 3.54. The fourth-order valence-electron chi connectivity index (χ4n) is 3.41. The van der Waals surface area contributed by atoms with Gasteiger partial charge in [0.05, 0.1) is 17.8 Å². The van der Waals surface area contributed by atoms with Gasteiger partial charge in [-0.05, 0) is 35.7 Å². The van der Waals surface area contributed by atoms with Crippen LogP contribution in [-0.4, -0.2) is 27.9 Å². The summed E-state index contributed by atoms with van der Waals surface area (Å²) in [5.74, 6) is -0.627. The first kappa shape index (κ1) is 21.4. The third-order valence-corrected chi connectivity index (χ3v) is 4.87. The largest absolute Gasteiger partial charge is 0.392 e. The number of aliphatic hydroxyl groups is 1. The molecule has 3 rings (SSSR count). The lowest BCUT2D eigenvalue weighted by Crippen LogP contribution is -2.44. The van der Waals surface area contributed by atoms with Crippen LogP contribution in [0.2, 0.25) is 0 Å². The highest BCUT2D eigenvalue weighted by atomic mass is 16.3. The number of nitrogens with one attached hydrogen (secondary N) is 2. The van der Waals surface area contributed by atoms with Crippen LogP contribution in [0.3, 0.4) is 0 Å². The van der Waals surface area contributed by atoms with E-state index in [1.54, 1.807) is 12.1 Å². The lowest BCUT2D eigenvalue weighted by Gasteiger charge is -2.19. The van der Waals surface area contributed by atoms with Crippen LogP contribution in [0, 0.1) is 6.92 Å². The molecule has 5 N–H and O–H groups in total. The van der Waals surface area contributed by atoms with Gasteiger partial charge in [-0.25, -0.2) is 0 Å². The third kappa shape index (κ3) is 5.00. The number of aliphatic hydroxyl groups excluding tert-OH is 1. The van der Waals surface area contributed by atoms with E-state index in [0.29, 0.717) is 24.2 Å². The topological polar surface area (TPSA) is 117 Å².